The molecule has 1 aliphatic rings. The smallest absolute Gasteiger partial charge is 0.329 e. The lowest BCUT2D eigenvalue weighted by atomic mass is 9.95. The van der Waals surface area contributed by atoms with E-state index in [0.29, 0.717) is 0 Å². The van der Waals surface area contributed by atoms with Crippen LogP contribution in [0.3, 0.4) is 0 Å². The normalized spacial score (nSPS) is 16.2. The van der Waals surface area contributed by atoms with Crippen molar-refractivity contribution in [2.75, 3.05) is 0 Å². The predicted molar refractivity (Wildman–Crippen MR) is 79.8 cm³/mol. The van der Waals surface area contributed by atoms with Gasteiger partial charge in [-0.25, -0.2) is 5.43 Å². The highest BCUT2D eigenvalue weighted by atomic mass is 32.1. The lowest BCUT2D eigenvalue weighted by Gasteiger charge is -2.22. The number of hydrogen-bond acceptors (Lipinski definition) is 4. The zero-order valence-corrected chi connectivity index (χ0v) is 12.3. The number of carbonyl (C=O) groups is 2. The Morgan fingerprint density at radius 2 is 2.05 bits per heavy atom. The van der Waals surface area contributed by atoms with Crippen LogP contribution in [0.4, 0.5) is 0 Å². The fourth-order valence-electron chi connectivity index (χ4n) is 2.21. The molecule has 5 nitrogen and oxygen atoms in total. The lowest BCUT2D eigenvalue weighted by molar-refractivity contribution is -0.139. The van der Waals surface area contributed by atoms with Gasteiger partial charge in [0.25, 0.3) is 0 Å². The molecule has 108 valence electrons. The van der Waals surface area contributed by atoms with Gasteiger partial charge in [-0.15, -0.1) is 11.3 Å². The molecule has 0 unspecified atom stereocenters. The fourth-order valence-corrected chi connectivity index (χ4v) is 3.00. The van der Waals surface area contributed by atoms with E-state index in [4.69, 9.17) is 0 Å². The van der Waals surface area contributed by atoms with Crippen molar-refractivity contribution in [2.45, 2.75) is 45.1 Å². The first-order valence-corrected chi connectivity index (χ1v) is 7.73. The minimum atomic E-state index is -0.707. The largest absolute Gasteiger partial charge is 0.345 e. The van der Waals surface area contributed by atoms with Crippen LogP contribution < -0.4 is 10.7 Å². The summed E-state index contributed by atoms with van der Waals surface area (Å²) in [6, 6.07) is 2.11. The van der Waals surface area contributed by atoms with Crippen molar-refractivity contribution in [1.29, 1.82) is 0 Å². The van der Waals surface area contributed by atoms with E-state index in [-0.39, 0.29) is 6.04 Å². The average molecular weight is 293 g/mol. The highest BCUT2D eigenvalue weighted by molar-refractivity contribution is 7.11. The van der Waals surface area contributed by atoms with Crippen LogP contribution in [0.1, 0.15) is 42.5 Å². The topological polar surface area (TPSA) is 70.6 Å². The highest BCUT2D eigenvalue weighted by Gasteiger charge is 2.19. The number of hydrogen-bond donors (Lipinski definition) is 2. The molecule has 0 bridgehead atoms. The number of carbonyl (C=O) groups excluding carboxylic acids is 2. The van der Waals surface area contributed by atoms with Crippen LogP contribution in [0.25, 0.3) is 0 Å². The molecule has 1 heterocycles. The van der Waals surface area contributed by atoms with Gasteiger partial charge in [-0.2, -0.15) is 5.10 Å². The van der Waals surface area contributed by atoms with E-state index in [1.54, 1.807) is 6.21 Å². The minimum Gasteiger partial charge on any atom is -0.345 e. The summed E-state index contributed by atoms with van der Waals surface area (Å²) in [4.78, 5) is 24.2. The van der Waals surface area contributed by atoms with Gasteiger partial charge in [-0.1, -0.05) is 19.3 Å². The van der Waals surface area contributed by atoms with Crippen molar-refractivity contribution in [3.05, 3.63) is 21.9 Å². The van der Waals surface area contributed by atoms with Crippen LogP contribution in [-0.2, 0) is 9.59 Å². The number of aryl methyl sites for hydroxylation is 1. The predicted octanol–water partition coefficient (Wildman–Crippen LogP) is 1.96. The minimum absolute atomic E-state index is 0.130. The first kappa shape index (κ1) is 14.7. The van der Waals surface area contributed by atoms with Crippen molar-refractivity contribution >= 4 is 29.4 Å². The second kappa shape index (κ2) is 7.19. The molecular formula is C14H19N3O2S. The number of thiophene rings is 1. The summed E-state index contributed by atoms with van der Waals surface area (Å²) in [6.45, 7) is 1.97. The standard InChI is InChI=1S/C14H19N3O2S/c1-10-7-8-20-12(10)9-15-17-14(19)13(18)16-11-5-3-2-4-6-11/h7-9,11H,2-6H2,1H3,(H,16,18)(H,17,19)/b15-9-. The molecule has 20 heavy (non-hydrogen) atoms. The molecule has 2 N–H and O–H groups in total. The molecule has 0 atom stereocenters. The van der Waals surface area contributed by atoms with Gasteiger partial charge in [0.05, 0.1) is 6.21 Å². The van der Waals surface area contributed by atoms with Gasteiger partial charge in [0.15, 0.2) is 0 Å². The number of amides is 2. The Hall–Kier alpha value is -1.69. The number of nitrogens with one attached hydrogen (secondary N) is 2. The van der Waals surface area contributed by atoms with Crippen molar-refractivity contribution in [3.8, 4) is 0 Å². The molecule has 2 amide bonds. The molecular weight excluding hydrogens is 274 g/mol. The van der Waals surface area contributed by atoms with Crippen LogP contribution >= 0.6 is 11.3 Å². The van der Waals surface area contributed by atoms with Crippen molar-refractivity contribution in [2.24, 2.45) is 5.10 Å². The molecule has 2 rings (SSSR count). The van der Waals surface area contributed by atoms with E-state index in [9.17, 15) is 9.59 Å². The second-order valence-corrected chi connectivity index (χ2v) is 5.92. The molecule has 1 saturated carbocycles. The van der Waals surface area contributed by atoms with E-state index in [1.807, 2.05) is 18.4 Å². The number of rotatable bonds is 3. The zero-order valence-electron chi connectivity index (χ0n) is 11.5. The third kappa shape index (κ3) is 4.16. The Balaban J connectivity index is 1.77. The van der Waals surface area contributed by atoms with E-state index in [0.717, 1.165) is 36.1 Å². The quantitative estimate of drug-likeness (QED) is 0.508. The van der Waals surface area contributed by atoms with Gasteiger partial charge < -0.3 is 5.32 Å². The molecule has 1 aromatic heterocycles. The molecule has 0 aliphatic heterocycles. The van der Waals surface area contributed by atoms with Gasteiger partial charge in [0.2, 0.25) is 0 Å². The van der Waals surface area contributed by atoms with Crippen LogP contribution in [0.2, 0.25) is 0 Å². The van der Waals surface area contributed by atoms with Crippen LogP contribution in [0.5, 0.6) is 0 Å². The second-order valence-electron chi connectivity index (χ2n) is 4.98. The van der Waals surface area contributed by atoms with E-state index in [2.05, 4.69) is 15.8 Å². The molecule has 0 saturated heterocycles. The summed E-state index contributed by atoms with van der Waals surface area (Å²) in [5, 5.41) is 8.52. The van der Waals surface area contributed by atoms with Crippen molar-refractivity contribution < 1.29 is 9.59 Å². The molecule has 0 spiro atoms. The number of nitrogens with zero attached hydrogens (tertiary/aromatic N) is 1. The summed E-state index contributed by atoms with van der Waals surface area (Å²) >= 11 is 1.54. The zero-order chi connectivity index (χ0) is 14.4. The van der Waals surface area contributed by atoms with Gasteiger partial charge in [0, 0.05) is 10.9 Å². The van der Waals surface area contributed by atoms with E-state index >= 15 is 0 Å². The third-order valence-corrected chi connectivity index (χ3v) is 4.35. The number of hydrazone groups is 1. The first-order valence-electron chi connectivity index (χ1n) is 6.85. The van der Waals surface area contributed by atoms with Crippen molar-refractivity contribution in [3.63, 3.8) is 0 Å². The Labute approximate surface area is 122 Å². The van der Waals surface area contributed by atoms with Gasteiger partial charge in [0.1, 0.15) is 0 Å². The summed E-state index contributed by atoms with van der Waals surface area (Å²) in [7, 11) is 0. The molecule has 6 heteroatoms. The first-order chi connectivity index (χ1) is 9.66. The summed E-state index contributed by atoms with van der Waals surface area (Å²) in [6.07, 6.45) is 6.91. The van der Waals surface area contributed by atoms with Gasteiger partial charge in [-0.3, -0.25) is 9.59 Å². The third-order valence-electron chi connectivity index (χ3n) is 3.40. The maximum atomic E-state index is 11.7. The Kier molecular flexibility index (Phi) is 5.29. The summed E-state index contributed by atoms with van der Waals surface area (Å²) in [5.74, 6) is -1.31. The SMILES string of the molecule is Cc1ccsc1/C=N\NC(=O)C(=O)NC1CCCCC1. The van der Waals surface area contributed by atoms with Crippen LogP contribution in [-0.4, -0.2) is 24.1 Å². The van der Waals surface area contributed by atoms with Gasteiger partial charge >= 0.3 is 11.8 Å². The van der Waals surface area contributed by atoms with Crippen molar-refractivity contribution in [1.82, 2.24) is 10.7 Å². The fraction of sp³-hybridized carbons (Fsp3) is 0.500. The molecule has 0 radical (unpaired) electrons. The highest BCUT2D eigenvalue weighted by Crippen LogP contribution is 2.17. The Morgan fingerprint density at radius 1 is 1.30 bits per heavy atom. The average Bonchev–Trinajstić information content (AvgIpc) is 2.85. The molecule has 1 aliphatic carbocycles. The van der Waals surface area contributed by atoms with E-state index < -0.39 is 11.8 Å². The lowest BCUT2D eigenvalue weighted by Crippen LogP contribution is -2.44. The summed E-state index contributed by atoms with van der Waals surface area (Å²) in [5.41, 5.74) is 3.36. The van der Waals surface area contributed by atoms with Crippen LogP contribution in [0, 0.1) is 6.92 Å². The Bertz CT molecular complexity index is 504. The van der Waals surface area contributed by atoms with E-state index in [1.165, 1.54) is 17.8 Å². The molecule has 0 aromatic carbocycles. The van der Waals surface area contributed by atoms with Gasteiger partial charge in [-0.05, 0) is 36.8 Å². The summed E-state index contributed by atoms with van der Waals surface area (Å²) < 4.78 is 0. The Morgan fingerprint density at radius 3 is 2.70 bits per heavy atom. The maximum absolute atomic E-state index is 11.7. The molecule has 1 aromatic rings. The maximum Gasteiger partial charge on any atom is 0.329 e. The monoisotopic (exact) mass is 293 g/mol. The van der Waals surface area contributed by atoms with Crippen LogP contribution in [0.15, 0.2) is 16.5 Å². The molecule has 1 fully saturated rings.